The van der Waals surface area contributed by atoms with Crippen LogP contribution in [0.15, 0.2) is 0 Å². The summed E-state index contributed by atoms with van der Waals surface area (Å²) in [4.78, 5) is 22.8. The Bertz CT molecular complexity index is 242. The molecule has 17 heavy (non-hydrogen) atoms. The van der Waals surface area contributed by atoms with Gasteiger partial charge in [-0.05, 0) is 24.9 Å². The van der Waals surface area contributed by atoms with Crippen molar-refractivity contribution >= 4 is 36.0 Å². The van der Waals surface area contributed by atoms with E-state index in [0.717, 1.165) is 5.75 Å². The second-order valence-electron chi connectivity index (χ2n) is 3.38. The number of carbonyl (C=O) groups is 2. The van der Waals surface area contributed by atoms with Gasteiger partial charge in [0.1, 0.15) is 6.04 Å². The summed E-state index contributed by atoms with van der Waals surface area (Å²) in [6.07, 6.45) is 3.05. The average Bonchev–Trinajstić information content (AvgIpc) is 2.31. The van der Waals surface area contributed by atoms with Crippen LogP contribution in [-0.4, -0.2) is 43.1 Å². The van der Waals surface area contributed by atoms with Crippen LogP contribution in [0.1, 0.15) is 19.8 Å². The van der Waals surface area contributed by atoms with Gasteiger partial charge in [0, 0.05) is 0 Å². The number of rotatable bonds is 7. The maximum Gasteiger partial charge on any atom is 0.328 e. The number of thioether (sulfide) groups is 1. The molecule has 0 saturated heterocycles. The predicted octanol–water partition coefficient (Wildman–Crippen LogP) is 0.556. The first kappa shape index (κ1) is 18.9. The highest BCUT2D eigenvalue weighted by Crippen LogP contribution is 2.00. The number of nitrogens with two attached hydrogens (primary N) is 1. The molecule has 102 valence electrons. The highest BCUT2D eigenvalue weighted by Gasteiger charge is 2.22. The van der Waals surface area contributed by atoms with E-state index < -0.39 is 18.1 Å². The third-order valence-electron chi connectivity index (χ3n) is 2.18. The molecule has 0 heterocycles. The van der Waals surface area contributed by atoms with E-state index in [1.807, 2.05) is 6.26 Å². The molecule has 1 unspecified atom stereocenters. The lowest BCUT2D eigenvalue weighted by molar-refractivity contribution is -0.145. The van der Waals surface area contributed by atoms with Crippen molar-refractivity contribution in [2.24, 2.45) is 5.73 Å². The molecule has 0 aliphatic heterocycles. The molecule has 2 atom stereocenters. The molecule has 7 heteroatoms. The smallest absolute Gasteiger partial charge is 0.328 e. The lowest BCUT2D eigenvalue weighted by Crippen LogP contribution is -2.48. The number of nitrogens with one attached hydrogen (secondary N) is 1. The standard InChI is InChI=1S/C10H20N2O3S.ClH/c1-4-8(10(14)15-2)12-9(13)7(11)5-6-16-3;/h7-8H,4-6,11H2,1-3H3,(H,12,13);1H/t7-,8?;/m0./s1. The fourth-order valence-electron chi connectivity index (χ4n) is 1.12. The van der Waals surface area contributed by atoms with Crippen LogP contribution in [0.2, 0.25) is 0 Å². The van der Waals surface area contributed by atoms with Gasteiger partial charge < -0.3 is 15.8 Å². The van der Waals surface area contributed by atoms with E-state index in [0.29, 0.717) is 12.8 Å². The van der Waals surface area contributed by atoms with Crippen LogP contribution in [0.5, 0.6) is 0 Å². The van der Waals surface area contributed by atoms with Gasteiger partial charge in [-0.25, -0.2) is 4.79 Å². The van der Waals surface area contributed by atoms with Crippen molar-refractivity contribution in [2.45, 2.75) is 31.8 Å². The third kappa shape index (κ3) is 7.46. The van der Waals surface area contributed by atoms with Gasteiger partial charge in [0.2, 0.25) is 5.91 Å². The van der Waals surface area contributed by atoms with Gasteiger partial charge in [0.05, 0.1) is 13.2 Å². The number of halogens is 1. The molecule has 0 aliphatic carbocycles. The molecule has 3 N–H and O–H groups in total. The minimum absolute atomic E-state index is 0. The van der Waals surface area contributed by atoms with Crippen molar-refractivity contribution in [3.8, 4) is 0 Å². The van der Waals surface area contributed by atoms with Gasteiger partial charge in [-0.1, -0.05) is 6.92 Å². The van der Waals surface area contributed by atoms with Crippen molar-refractivity contribution < 1.29 is 14.3 Å². The minimum atomic E-state index is -0.599. The fraction of sp³-hybridized carbons (Fsp3) is 0.800. The first-order valence-electron chi connectivity index (χ1n) is 5.19. The molecule has 5 nitrogen and oxygen atoms in total. The molecule has 0 radical (unpaired) electrons. The van der Waals surface area contributed by atoms with Crippen LogP contribution in [0.3, 0.4) is 0 Å². The van der Waals surface area contributed by atoms with Gasteiger partial charge in [-0.2, -0.15) is 11.8 Å². The number of hydrogen-bond donors (Lipinski definition) is 2. The predicted molar refractivity (Wildman–Crippen MR) is 72.5 cm³/mol. The van der Waals surface area contributed by atoms with E-state index in [1.54, 1.807) is 18.7 Å². The van der Waals surface area contributed by atoms with E-state index in [1.165, 1.54) is 7.11 Å². The van der Waals surface area contributed by atoms with Crippen LogP contribution >= 0.6 is 24.2 Å². The Balaban J connectivity index is 0. The second-order valence-corrected chi connectivity index (χ2v) is 4.37. The van der Waals surface area contributed by atoms with Crippen LogP contribution in [0, 0.1) is 0 Å². The molecular weight excluding hydrogens is 264 g/mol. The van der Waals surface area contributed by atoms with Crippen LogP contribution in [-0.2, 0) is 14.3 Å². The Morgan fingerprint density at radius 2 is 2.06 bits per heavy atom. The minimum Gasteiger partial charge on any atom is -0.467 e. The van der Waals surface area contributed by atoms with Crippen LogP contribution in [0.25, 0.3) is 0 Å². The summed E-state index contributed by atoms with van der Waals surface area (Å²) in [5, 5.41) is 2.58. The van der Waals surface area contributed by atoms with Crippen LogP contribution < -0.4 is 11.1 Å². The van der Waals surface area contributed by atoms with Crippen LogP contribution in [0.4, 0.5) is 0 Å². The zero-order valence-corrected chi connectivity index (χ0v) is 12.0. The molecule has 0 bridgehead atoms. The molecule has 0 spiro atoms. The summed E-state index contributed by atoms with van der Waals surface area (Å²) in [7, 11) is 1.30. The van der Waals surface area contributed by atoms with Gasteiger partial charge in [-0.3, -0.25) is 4.79 Å². The Labute approximate surface area is 113 Å². The molecule has 0 rings (SSSR count). The Hall–Kier alpha value is -0.460. The largest absolute Gasteiger partial charge is 0.467 e. The van der Waals surface area contributed by atoms with Gasteiger partial charge in [0.15, 0.2) is 0 Å². The Morgan fingerprint density at radius 3 is 2.47 bits per heavy atom. The van der Waals surface area contributed by atoms with E-state index in [9.17, 15) is 9.59 Å². The monoisotopic (exact) mass is 284 g/mol. The Morgan fingerprint density at radius 1 is 1.47 bits per heavy atom. The normalized spacial score (nSPS) is 13.2. The Kier molecular flexibility index (Phi) is 11.9. The van der Waals surface area contributed by atoms with Crippen molar-refractivity contribution in [2.75, 3.05) is 19.1 Å². The molecular formula is C10H21ClN2O3S. The summed E-state index contributed by atoms with van der Waals surface area (Å²) in [6, 6.07) is -1.16. The number of esters is 1. The molecule has 1 amide bonds. The zero-order valence-electron chi connectivity index (χ0n) is 10.4. The summed E-state index contributed by atoms with van der Waals surface area (Å²) in [5.74, 6) is 0.0862. The number of methoxy groups -OCH3 is 1. The zero-order chi connectivity index (χ0) is 12.6. The van der Waals surface area contributed by atoms with E-state index >= 15 is 0 Å². The highest BCUT2D eigenvalue weighted by molar-refractivity contribution is 7.98. The number of hydrogen-bond acceptors (Lipinski definition) is 5. The maximum absolute atomic E-state index is 11.6. The SMILES string of the molecule is CCC(NC(=O)[C@@H](N)CCSC)C(=O)OC.Cl. The first-order chi connectivity index (χ1) is 7.56. The molecule has 0 aromatic heterocycles. The quantitative estimate of drug-likeness (QED) is 0.668. The average molecular weight is 285 g/mol. The van der Waals surface area contributed by atoms with Crippen molar-refractivity contribution in [3.05, 3.63) is 0 Å². The van der Waals surface area contributed by atoms with Gasteiger partial charge in [-0.15, -0.1) is 12.4 Å². The molecule has 0 saturated carbocycles. The highest BCUT2D eigenvalue weighted by atomic mass is 35.5. The second kappa shape index (κ2) is 10.7. The number of amides is 1. The molecule has 0 aliphatic rings. The lowest BCUT2D eigenvalue weighted by atomic mass is 10.2. The number of carbonyl (C=O) groups excluding carboxylic acids is 2. The first-order valence-corrected chi connectivity index (χ1v) is 6.58. The molecule has 0 fully saturated rings. The third-order valence-corrected chi connectivity index (χ3v) is 2.82. The molecule has 0 aromatic rings. The van der Waals surface area contributed by atoms with E-state index in [-0.39, 0.29) is 18.3 Å². The summed E-state index contributed by atoms with van der Waals surface area (Å²) < 4.78 is 4.57. The molecule has 0 aromatic carbocycles. The maximum atomic E-state index is 11.6. The lowest BCUT2D eigenvalue weighted by Gasteiger charge is -2.17. The fourth-order valence-corrected chi connectivity index (χ4v) is 1.61. The van der Waals surface area contributed by atoms with Crippen molar-refractivity contribution in [3.63, 3.8) is 0 Å². The van der Waals surface area contributed by atoms with E-state index in [4.69, 9.17) is 5.73 Å². The van der Waals surface area contributed by atoms with Crippen molar-refractivity contribution in [1.29, 1.82) is 0 Å². The summed E-state index contributed by atoms with van der Waals surface area (Å²) >= 11 is 1.63. The summed E-state index contributed by atoms with van der Waals surface area (Å²) in [5.41, 5.74) is 5.67. The van der Waals surface area contributed by atoms with Gasteiger partial charge in [0.25, 0.3) is 0 Å². The van der Waals surface area contributed by atoms with Gasteiger partial charge >= 0.3 is 5.97 Å². The topological polar surface area (TPSA) is 81.4 Å². The number of ether oxygens (including phenoxy) is 1. The van der Waals surface area contributed by atoms with E-state index in [2.05, 4.69) is 10.1 Å². The summed E-state index contributed by atoms with van der Waals surface area (Å²) in [6.45, 7) is 1.80. The van der Waals surface area contributed by atoms with Crippen molar-refractivity contribution in [1.82, 2.24) is 5.32 Å².